The molecule has 2 aromatic carbocycles. The predicted octanol–water partition coefficient (Wildman–Crippen LogP) is 4.16. The lowest BCUT2D eigenvalue weighted by molar-refractivity contribution is -0.121. The van der Waals surface area contributed by atoms with Crippen molar-refractivity contribution in [3.63, 3.8) is 0 Å². The number of imide groups is 1. The number of anilines is 1. The van der Waals surface area contributed by atoms with E-state index in [1.54, 1.807) is 31.4 Å². The summed E-state index contributed by atoms with van der Waals surface area (Å²) in [6.45, 7) is 1.89. The van der Waals surface area contributed by atoms with Crippen molar-refractivity contribution in [2.45, 2.75) is 57.6 Å². The van der Waals surface area contributed by atoms with Crippen LogP contribution in [0, 0.1) is 0 Å². The van der Waals surface area contributed by atoms with Crippen molar-refractivity contribution in [2.24, 2.45) is 0 Å². The van der Waals surface area contributed by atoms with Crippen LogP contribution in [0.3, 0.4) is 0 Å². The first-order valence-electron chi connectivity index (χ1n) is 11.1. The van der Waals surface area contributed by atoms with Gasteiger partial charge in [-0.25, -0.2) is 0 Å². The van der Waals surface area contributed by atoms with Crippen molar-refractivity contribution in [3.8, 4) is 11.5 Å². The number of methoxy groups -OCH3 is 1. The number of hydrogen-bond acceptors (Lipinski definition) is 5. The Balaban J connectivity index is 1.46. The molecule has 1 aliphatic heterocycles. The van der Waals surface area contributed by atoms with Crippen molar-refractivity contribution in [2.75, 3.05) is 12.0 Å². The van der Waals surface area contributed by atoms with Crippen molar-refractivity contribution in [3.05, 3.63) is 53.6 Å². The topological polar surface area (TPSA) is 84.9 Å². The molecule has 32 heavy (non-hydrogen) atoms. The molecule has 2 aliphatic rings. The van der Waals surface area contributed by atoms with Crippen LogP contribution in [-0.4, -0.2) is 30.9 Å². The summed E-state index contributed by atoms with van der Waals surface area (Å²) in [6, 6.07) is 12.0. The summed E-state index contributed by atoms with van der Waals surface area (Å²) in [5.41, 5.74) is 1.69. The number of carbonyl (C=O) groups excluding carboxylic acids is 3. The zero-order valence-electron chi connectivity index (χ0n) is 18.4. The largest absolute Gasteiger partial charge is 0.493 e. The van der Waals surface area contributed by atoms with Crippen molar-refractivity contribution >= 4 is 23.4 Å². The van der Waals surface area contributed by atoms with Gasteiger partial charge in [0.2, 0.25) is 11.8 Å². The molecule has 1 unspecified atom stereocenters. The maximum absolute atomic E-state index is 12.9. The lowest BCUT2D eigenvalue weighted by Gasteiger charge is -2.20. The summed E-state index contributed by atoms with van der Waals surface area (Å²) in [5.74, 6) is 0.586. The minimum absolute atomic E-state index is 0.203. The van der Waals surface area contributed by atoms with Gasteiger partial charge in [0, 0.05) is 18.4 Å². The Morgan fingerprint density at radius 2 is 1.75 bits per heavy atom. The Morgan fingerprint density at radius 1 is 1.03 bits per heavy atom. The monoisotopic (exact) mass is 436 g/mol. The first-order valence-corrected chi connectivity index (χ1v) is 11.1. The van der Waals surface area contributed by atoms with Crippen LogP contribution < -0.4 is 19.7 Å². The zero-order valence-corrected chi connectivity index (χ0v) is 18.4. The molecule has 2 aromatic rings. The third kappa shape index (κ3) is 4.61. The Bertz CT molecular complexity index is 1010. The summed E-state index contributed by atoms with van der Waals surface area (Å²) in [7, 11) is 1.61. The van der Waals surface area contributed by atoms with E-state index in [0.717, 1.165) is 23.3 Å². The van der Waals surface area contributed by atoms with Gasteiger partial charge < -0.3 is 14.8 Å². The minimum atomic E-state index is -0.288. The molecular formula is C25H28N2O5. The van der Waals surface area contributed by atoms with Gasteiger partial charge in [0.25, 0.3) is 5.91 Å². The molecule has 168 valence electrons. The number of amides is 3. The quantitative estimate of drug-likeness (QED) is 0.659. The van der Waals surface area contributed by atoms with Gasteiger partial charge in [-0.05, 0) is 68.5 Å². The number of rotatable bonds is 7. The standard InChI is InChI=1S/C25H28N2O5/c1-16(17-10-11-21(22(15-17)31-2)32-20-8-3-4-9-20)26-25(30)18-6-5-7-19(14-18)27-23(28)12-13-24(27)29/h5-7,10-11,14-16,20H,3-4,8-9,12-13H2,1-2H3,(H,26,30). The highest BCUT2D eigenvalue weighted by atomic mass is 16.5. The first kappa shape index (κ1) is 21.9. The van der Waals surface area contributed by atoms with E-state index < -0.39 is 0 Å². The SMILES string of the molecule is COc1cc(C(C)NC(=O)c2cccc(N3C(=O)CCC3=O)c2)ccc1OC1CCCC1. The number of benzene rings is 2. The highest BCUT2D eigenvalue weighted by Gasteiger charge is 2.30. The van der Waals surface area contributed by atoms with Crippen LogP contribution in [-0.2, 0) is 9.59 Å². The van der Waals surface area contributed by atoms with Crippen LogP contribution in [0.5, 0.6) is 11.5 Å². The summed E-state index contributed by atoms with van der Waals surface area (Å²) < 4.78 is 11.6. The highest BCUT2D eigenvalue weighted by Crippen LogP contribution is 2.34. The molecule has 0 spiro atoms. The molecular weight excluding hydrogens is 408 g/mol. The molecule has 1 saturated carbocycles. The van der Waals surface area contributed by atoms with E-state index in [0.29, 0.717) is 22.7 Å². The van der Waals surface area contributed by atoms with Gasteiger partial charge in [0.1, 0.15) is 0 Å². The van der Waals surface area contributed by atoms with Crippen molar-refractivity contribution in [1.29, 1.82) is 0 Å². The van der Waals surface area contributed by atoms with Crippen LogP contribution in [0.2, 0.25) is 0 Å². The molecule has 1 heterocycles. The van der Waals surface area contributed by atoms with E-state index in [1.165, 1.54) is 12.8 Å². The van der Waals surface area contributed by atoms with Gasteiger partial charge in [-0.15, -0.1) is 0 Å². The second kappa shape index (κ2) is 9.42. The van der Waals surface area contributed by atoms with E-state index in [-0.39, 0.29) is 42.7 Å². The smallest absolute Gasteiger partial charge is 0.251 e. The molecule has 1 saturated heterocycles. The number of hydrogen-bond donors (Lipinski definition) is 1. The van der Waals surface area contributed by atoms with Crippen LogP contribution in [0.4, 0.5) is 5.69 Å². The van der Waals surface area contributed by atoms with Gasteiger partial charge in [0.15, 0.2) is 11.5 Å². The normalized spacial score (nSPS) is 17.5. The molecule has 2 fully saturated rings. The maximum atomic E-state index is 12.9. The first-order chi connectivity index (χ1) is 15.5. The van der Waals surface area contributed by atoms with Crippen LogP contribution >= 0.6 is 0 Å². The highest BCUT2D eigenvalue weighted by molar-refractivity contribution is 6.20. The second-order valence-corrected chi connectivity index (χ2v) is 8.30. The second-order valence-electron chi connectivity index (χ2n) is 8.30. The molecule has 3 amide bonds. The Labute approximate surface area is 187 Å². The molecule has 0 bridgehead atoms. The summed E-state index contributed by atoms with van der Waals surface area (Å²) in [4.78, 5) is 38.0. The Kier molecular flexibility index (Phi) is 6.44. The number of nitrogens with zero attached hydrogens (tertiary/aromatic N) is 1. The summed E-state index contributed by atoms with van der Waals surface area (Å²) in [6.07, 6.45) is 5.14. The van der Waals surface area contributed by atoms with Crippen LogP contribution in [0.25, 0.3) is 0 Å². The van der Waals surface area contributed by atoms with Gasteiger partial charge in [0.05, 0.1) is 24.9 Å². The van der Waals surface area contributed by atoms with Crippen LogP contribution in [0.15, 0.2) is 42.5 Å². The predicted molar refractivity (Wildman–Crippen MR) is 120 cm³/mol. The molecule has 7 nitrogen and oxygen atoms in total. The third-order valence-corrected chi connectivity index (χ3v) is 6.05. The summed E-state index contributed by atoms with van der Waals surface area (Å²) >= 11 is 0. The molecule has 1 atom stereocenters. The van der Waals surface area contributed by atoms with Crippen LogP contribution in [0.1, 0.15) is 67.4 Å². The molecule has 7 heteroatoms. The molecule has 1 N–H and O–H groups in total. The molecule has 4 rings (SSSR count). The zero-order chi connectivity index (χ0) is 22.7. The summed E-state index contributed by atoms with van der Waals surface area (Å²) in [5, 5.41) is 2.97. The average Bonchev–Trinajstić information content (AvgIpc) is 3.43. The van der Waals surface area contributed by atoms with Crippen molar-refractivity contribution < 1.29 is 23.9 Å². The number of ether oxygens (including phenoxy) is 2. The Hall–Kier alpha value is -3.35. The van der Waals surface area contributed by atoms with Gasteiger partial charge >= 0.3 is 0 Å². The lowest BCUT2D eigenvalue weighted by Crippen LogP contribution is -2.30. The Morgan fingerprint density at radius 3 is 2.44 bits per heavy atom. The molecule has 1 aliphatic carbocycles. The van der Waals surface area contributed by atoms with E-state index in [1.807, 2.05) is 25.1 Å². The fraction of sp³-hybridized carbons (Fsp3) is 0.400. The van der Waals surface area contributed by atoms with E-state index in [4.69, 9.17) is 9.47 Å². The third-order valence-electron chi connectivity index (χ3n) is 6.05. The van der Waals surface area contributed by atoms with E-state index >= 15 is 0 Å². The fourth-order valence-electron chi connectivity index (χ4n) is 4.25. The van der Waals surface area contributed by atoms with E-state index in [9.17, 15) is 14.4 Å². The molecule has 0 radical (unpaired) electrons. The minimum Gasteiger partial charge on any atom is -0.493 e. The lowest BCUT2D eigenvalue weighted by atomic mass is 10.1. The van der Waals surface area contributed by atoms with Gasteiger partial charge in [-0.1, -0.05) is 12.1 Å². The maximum Gasteiger partial charge on any atom is 0.251 e. The van der Waals surface area contributed by atoms with Crippen molar-refractivity contribution in [1.82, 2.24) is 5.32 Å². The molecule has 0 aromatic heterocycles. The van der Waals surface area contributed by atoms with E-state index in [2.05, 4.69) is 5.32 Å². The fourth-order valence-corrected chi connectivity index (χ4v) is 4.25. The van der Waals surface area contributed by atoms with Gasteiger partial charge in [-0.2, -0.15) is 0 Å². The average molecular weight is 437 g/mol. The number of nitrogens with one attached hydrogen (secondary N) is 1. The number of carbonyl (C=O) groups is 3. The van der Waals surface area contributed by atoms with Gasteiger partial charge in [-0.3, -0.25) is 19.3 Å².